The molecule has 30 heavy (non-hydrogen) atoms. The third-order valence-electron chi connectivity index (χ3n) is 5.46. The van der Waals surface area contributed by atoms with Gasteiger partial charge in [-0.1, -0.05) is 67.6 Å². The zero-order valence-corrected chi connectivity index (χ0v) is 17.8. The molecule has 0 radical (unpaired) electrons. The number of amides is 2. The summed E-state index contributed by atoms with van der Waals surface area (Å²) >= 11 is 0. The summed E-state index contributed by atoms with van der Waals surface area (Å²) in [6.45, 7) is 3.65. The van der Waals surface area contributed by atoms with E-state index in [1.807, 2.05) is 67.6 Å². The minimum absolute atomic E-state index is 0.00884. The standard InChI is InChI=1S/C25H32N2O3/c1-2-10-24(28)27(19-21-13-7-4-8-14-21)23(17-20-11-5-3-6-12-20)25(29)26-18-22-15-9-16-30-22/h3-8,11-14,22-23H,2,9-10,15-19H2,1H3,(H,26,29)/t22-,23+/m1/s1. The maximum atomic E-state index is 13.3. The summed E-state index contributed by atoms with van der Waals surface area (Å²) in [6.07, 6.45) is 3.73. The zero-order chi connectivity index (χ0) is 21.2. The van der Waals surface area contributed by atoms with E-state index in [1.54, 1.807) is 4.90 Å². The number of hydrogen-bond donors (Lipinski definition) is 1. The maximum Gasteiger partial charge on any atom is 0.243 e. The van der Waals surface area contributed by atoms with Gasteiger partial charge in [0.2, 0.25) is 11.8 Å². The van der Waals surface area contributed by atoms with Gasteiger partial charge in [0.05, 0.1) is 6.10 Å². The first-order valence-corrected chi connectivity index (χ1v) is 10.9. The Balaban J connectivity index is 1.82. The third-order valence-corrected chi connectivity index (χ3v) is 5.46. The number of benzene rings is 2. The van der Waals surface area contributed by atoms with Crippen LogP contribution >= 0.6 is 0 Å². The molecule has 0 aromatic heterocycles. The molecule has 2 aromatic rings. The Hall–Kier alpha value is -2.66. The monoisotopic (exact) mass is 408 g/mol. The van der Waals surface area contributed by atoms with E-state index in [0.717, 1.165) is 37.0 Å². The highest BCUT2D eigenvalue weighted by atomic mass is 16.5. The summed E-state index contributed by atoms with van der Waals surface area (Å²) in [5.74, 6) is -0.107. The number of rotatable bonds is 10. The van der Waals surface area contributed by atoms with Crippen molar-refractivity contribution in [3.05, 3.63) is 71.8 Å². The minimum Gasteiger partial charge on any atom is -0.376 e. The molecule has 5 heteroatoms. The van der Waals surface area contributed by atoms with Gasteiger partial charge in [-0.05, 0) is 30.4 Å². The molecule has 2 atom stereocenters. The number of carbonyl (C=O) groups excluding carboxylic acids is 2. The number of nitrogens with one attached hydrogen (secondary N) is 1. The fourth-order valence-electron chi connectivity index (χ4n) is 3.83. The van der Waals surface area contributed by atoms with Crippen LogP contribution < -0.4 is 5.32 Å². The molecule has 1 N–H and O–H groups in total. The Morgan fingerprint density at radius 1 is 1.07 bits per heavy atom. The first-order chi connectivity index (χ1) is 14.7. The molecular weight excluding hydrogens is 376 g/mol. The molecule has 0 saturated carbocycles. The minimum atomic E-state index is -0.562. The lowest BCUT2D eigenvalue weighted by molar-refractivity contribution is -0.141. The predicted molar refractivity (Wildman–Crippen MR) is 118 cm³/mol. The quantitative estimate of drug-likeness (QED) is 0.652. The molecule has 1 aliphatic rings. The van der Waals surface area contributed by atoms with Crippen molar-refractivity contribution in [2.24, 2.45) is 0 Å². The highest BCUT2D eigenvalue weighted by molar-refractivity contribution is 5.88. The molecule has 0 aliphatic carbocycles. The Labute approximate surface area is 179 Å². The van der Waals surface area contributed by atoms with Gasteiger partial charge in [0.15, 0.2) is 0 Å². The van der Waals surface area contributed by atoms with Crippen molar-refractivity contribution >= 4 is 11.8 Å². The summed E-state index contributed by atoms with van der Waals surface area (Å²) in [4.78, 5) is 28.1. The number of nitrogens with zero attached hydrogens (tertiary/aromatic N) is 1. The lowest BCUT2D eigenvalue weighted by atomic mass is 10.0. The van der Waals surface area contributed by atoms with Crippen LogP contribution in [0.15, 0.2) is 60.7 Å². The zero-order valence-electron chi connectivity index (χ0n) is 17.8. The van der Waals surface area contributed by atoms with Crippen LogP contribution in [0.4, 0.5) is 0 Å². The fourth-order valence-corrected chi connectivity index (χ4v) is 3.83. The summed E-state index contributed by atoms with van der Waals surface area (Å²) in [5.41, 5.74) is 2.06. The van der Waals surface area contributed by atoms with Crippen molar-refractivity contribution in [1.29, 1.82) is 0 Å². The number of carbonyl (C=O) groups is 2. The van der Waals surface area contributed by atoms with Crippen LogP contribution in [0.25, 0.3) is 0 Å². The molecule has 1 fully saturated rings. The molecule has 3 rings (SSSR count). The van der Waals surface area contributed by atoms with Crippen molar-refractivity contribution < 1.29 is 14.3 Å². The van der Waals surface area contributed by atoms with Crippen molar-refractivity contribution in [3.63, 3.8) is 0 Å². The number of hydrogen-bond acceptors (Lipinski definition) is 3. The molecule has 0 unspecified atom stereocenters. The van der Waals surface area contributed by atoms with E-state index in [2.05, 4.69) is 5.32 Å². The van der Waals surface area contributed by atoms with E-state index in [9.17, 15) is 9.59 Å². The molecule has 0 bridgehead atoms. The van der Waals surface area contributed by atoms with Gasteiger partial charge in [0.25, 0.3) is 0 Å². The molecule has 5 nitrogen and oxygen atoms in total. The SMILES string of the molecule is CCCC(=O)N(Cc1ccccc1)[C@@H](Cc1ccccc1)C(=O)NC[C@H]1CCCO1. The highest BCUT2D eigenvalue weighted by Crippen LogP contribution is 2.17. The predicted octanol–water partition coefficient (Wildman–Crippen LogP) is 3.72. The van der Waals surface area contributed by atoms with Crippen molar-refractivity contribution in [2.75, 3.05) is 13.2 Å². The lowest BCUT2D eigenvalue weighted by Crippen LogP contribution is -2.51. The van der Waals surface area contributed by atoms with Gasteiger partial charge in [-0.2, -0.15) is 0 Å². The Morgan fingerprint density at radius 3 is 2.33 bits per heavy atom. The summed E-state index contributed by atoms with van der Waals surface area (Å²) < 4.78 is 5.65. The second kappa shape index (κ2) is 11.5. The topological polar surface area (TPSA) is 58.6 Å². The summed E-state index contributed by atoms with van der Waals surface area (Å²) in [5, 5.41) is 3.05. The van der Waals surface area contributed by atoms with E-state index in [1.165, 1.54) is 0 Å². The Bertz CT molecular complexity index is 789. The van der Waals surface area contributed by atoms with Crippen LogP contribution in [-0.2, 0) is 27.3 Å². The van der Waals surface area contributed by atoms with Crippen molar-refractivity contribution in [1.82, 2.24) is 10.2 Å². The smallest absolute Gasteiger partial charge is 0.243 e. The Kier molecular flexibility index (Phi) is 8.45. The summed E-state index contributed by atoms with van der Waals surface area (Å²) in [6, 6.07) is 19.2. The first kappa shape index (κ1) is 22.0. The molecule has 1 aliphatic heterocycles. The molecule has 2 aromatic carbocycles. The molecule has 0 spiro atoms. The molecule has 2 amide bonds. The highest BCUT2D eigenvalue weighted by Gasteiger charge is 2.30. The second-order valence-electron chi connectivity index (χ2n) is 7.84. The van der Waals surface area contributed by atoms with E-state index < -0.39 is 6.04 Å². The second-order valence-corrected chi connectivity index (χ2v) is 7.84. The van der Waals surface area contributed by atoms with Crippen LogP contribution in [0.1, 0.15) is 43.7 Å². The fraction of sp³-hybridized carbons (Fsp3) is 0.440. The van der Waals surface area contributed by atoms with Gasteiger partial charge < -0.3 is 15.0 Å². The van der Waals surface area contributed by atoms with Gasteiger partial charge >= 0.3 is 0 Å². The van der Waals surface area contributed by atoms with E-state index in [0.29, 0.717) is 25.9 Å². The largest absolute Gasteiger partial charge is 0.376 e. The van der Waals surface area contributed by atoms with Crippen LogP contribution in [0.5, 0.6) is 0 Å². The lowest BCUT2D eigenvalue weighted by Gasteiger charge is -2.32. The van der Waals surface area contributed by atoms with Gasteiger partial charge in [0.1, 0.15) is 6.04 Å². The van der Waals surface area contributed by atoms with Gasteiger partial charge in [-0.25, -0.2) is 0 Å². The van der Waals surface area contributed by atoms with Gasteiger partial charge in [0, 0.05) is 32.5 Å². The Morgan fingerprint density at radius 2 is 1.73 bits per heavy atom. The van der Waals surface area contributed by atoms with Crippen LogP contribution in [0.3, 0.4) is 0 Å². The first-order valence-electron chi connectivity index (χ1n) is 10.9. The van der Waals surface area contributed by atoms with Crippen LogP contribution in [-0.4, -0.2) is 42.0 Å². The molecule has 1 saturated heterocycles. The van der Waals surface area contributed by atoms with E-state index in [-0.39, 0.29) is 17.9 Å². The average molecular weight is 409 g/mol. The van der Waals surface area contributed by atoms with Gasteiger partial charge in [-0.3, -0.25) is 9.59 Å². The van der Waals surface area contributed by atoms with Gasteiger partial charge in [-0.15, -0.1) is 0 Å². The van der Waals surface area contributed by atoms with Crippen molar-refractivity contribution in [2.45, 2.75) is 57.7 Å². The third kappa shape index (κ3) is 6.42. The molecule has 160 valence electrons. The van der Waals surface area contributed by atoms with Crippen molar-refractivity contribution in [3.8, 4) is 0 Å². The molecule has 1 heterocycles. The van der Waals surface area contributed by atoms with E-state index in [4.69, 9.17) is 4.74 Å². The van der Waals surface area contributed by atoms with Crippen LogP contribution in [0, 0.1) is 0 Å². The van der Waals surface area contributed by atoms with E-state index >= 15 is 0 Å². The average Bonchev–Trinajstić information content (AvgIpc) is 3.30. The summed E-state index contributed by atoms with van der Waals surface area (Å²) in [7, 11) is 0. The maximum absolute atomic E-state index is 13.3. The number of ether oxygens (including phenoxy) is 1. The molecular formula is C25H32N2O3. The normalized spacial score (nSPS) is 16.8. The van der Waals surface area contributed by atoms with Crippen LogP contribution in [0.2, 0.25) is 0 Å².